The standard InChI is InChI=1S/C5H12N2O.C2H6/c1-6-2-4-7(8)5-3-6;1-2/h8H,2-5H2,1H3;1-2H3. The molecule has 10 heavy (non-hydrogen) atoms. The smallest absolute Gasteiger partial charge is 0.0366 e. The van der Waals surface area contributed by atoms with Crippen molar-refractivity contribution in [3.05, 3.63) is 0 Å². The van der Waals surface area contributed by atoms with Crippen LogP contribution >= 0.6 is 0 Å². The van der Waals surface area contributed by atoms with Gasteiger partial charge in [0.15, 0.2) is 0 Å². The van der Waals surface area contributed by atoms with Gasteiger partial charge in [0.1, 0.15) is 0 Å². The van der Waals surface area contributed by atoms with Crippen LogP contribution in [0.3, 0.4) is 0 Å². The summed E-state index contributed by atoms with van der Waals surface area (Å²) in [5.41, 5.74) is 0. The molecule has 0 spiro atoms. The fourth-order valence-electron chi connectivity index (χ4n) is 0.796. The molecule has 1 saturated heterocycles. The Kier molecular flexibility index (Phi) is 5.58. The molecule has 0 unspecified atom stereocenters. The average molecular weight is 146 g/mol. The van der Waals surface area contributed by atoms with Crippen molar-refractivity contribution in [2.75, 3.05) is 33.2 Å². The number of nitrogens with zero attached hydrogens (tertiary/aromatic N) is 2. The third kappa shape index (κ3) is 3.82. The number of piperazine rings is 1. The molecule has 3 heteroatoms. The van der Waals surface area contributed by atoms with Gasteiger partial charge >= 0.3 is 0 Å². The zero-order valence-corrected chi connectivity index (χ0v) is 7.17. The molecule has 0 aliphatic carbocycles. The molecule has 0 atom stereocenters. The first kappa shape index (κ1) is 9.88. The summed E-state index contributed by atoms with van der Waals surface area (Å²) in [5.74, 6) is 0. The first-order valence-corrected chi connectivity index (χ1v) is 3.91. The summed E-state index contributed by atoms with van der Waals surface area (Å²) < 4.78 is 0. The maximum atomic E-state index is 8.83. The molecule has 3 nitrogen and oxygen atoms in total. The zero-order valence-electron chi connectivity index (χ0n) is 7.17. The monoisotopic (exact) mass is 146 g/mol. The van der Waals surface area contributed by atoms with Crippen molar-refractivity contribution in [3.8, 4) is 0 Å². The highest BCUT2D eigenvalue weighted by Crippen LogP contribution is 1.93. The van der Waals surface area contributed by atoms with E-state index in [0.717, 1.165) is 26.2 Å². The Morgan fingerprint density at radius 1 is 1.00 bits per heavy atom. The van der Waals surface area contributed by atoms with E-state index >= 15 is 0 Å². The summed E-state index contributed by atoms with van der Waals surface area (Å²) >= 11 is 0. The molecule has 1 aliphatic heterocycles. The highest BCUT2D eigenvalue weighted by Gasteiger charge is 2.09. The number of rotatable bonds is 0. The van der Waals surface area contributed by atoms with Gasteiger partial charge in [-0.05, 0) is 7.05 Å². The Bertz CT molecular complexity index is 60.0. The fraction of sp³-hybridized carbons (Fsp3) is 1.00. The number of hydroxylamine groups is 2. The normalized spacial score (nSPS) is 21.6. The van der Waals surface area contributed by atoms with E-state index in [2.05, 4.69) is 11.9 Å². The van der Waals surface area contributed by atoms with Crippen LogP contribution in [0.1, 0.15) is 13.8 Å². The van der Waals surface area contributed by atoms with Gasteiger partial charge in [0.05, 0.1) is 0 Å². The van der Waals surface area contributed by atoms with E-state index < -0.39 is 0 Å². The van der Waals surface area contributed by atoms with Crippen molar-refractivity contribution in [2.45, 2.75) is 13.8 Å². The average Bonchev–Trinajstić information content (AvgIpc) is 2.00. The van der Waals surface area contributed by atoms with E-state index in [0.29, 0.717) is 0 Å². The molecular formula is C7H18N2O. The molecular weight excluding hydrogens is 128 g/mol. The highest BCUT2D eigenvalue weighted by molar-refractivity contribution is 4.61. The number of hydrogen-bond acceptors (Lipinski definition) is 3. The lowest BCUT2D eigenvalue weighted by atomic mass is 10.4. The second-order valence-corrected chi connectivity index (χ2v) is 2.26. The van der Waals surface area contributed by atoms with Crippen LogP contribution in [0.5, 0.6) is 0 Å². The number of likely N-dealkylation sites (N-methyl/N-ethyl adjacent to an activating group) is 1. The molecule has 0 aromatic heterocycles. The van der Waals surface area contributed by atoms with Crippen LogP contribution in [0.2, 0.25) is 0 Å². The second-order valence-electron chi connectivity index (χ2n) is 2.26. The summed E-state index contributed by atoms with van der Waals surface area (Å²) in [6, 6.07) is 0. The minimum Gasteiger partial charge on any atom is -0.314 e. The van der Waals surface area contributed by atoms with Crippen LogP contribution in [0.15, 0.2) is 0 Å². The quantitative estimate of drug-likeness (QED) is 0.543. The molecule has 0 aromatic rings. The van der Waals surface area contributed by atoms with E-state index in [4.69, 9.17) is 5.21 Å². The van der Waals surface area contributed by atoms with E-state index in [-0.39, 0.29) is 0 Å². The Balaban J connectivity index is 0.000000371. The zero-order chi connectivity index (χ0) is 7.98. The summed E-state index contributed by atoms with van der Waals surface area (Å²) in [6.07, 6.45) is 0. The van der Waals surface area contributed by atoms with E-state index in [9.17, 15) is 0 Å². The fourth-order valence-corrected chi connectivity index (χ4v) is 0.796. The molecule has 0 bridgehead atoms. The number of hydrogen-bond donors (Lipinski definition) is 1. The lowest BCUT2D eigenvalue weighted by Gasteiger charge is -2.27. The van der Waals surface area contributed by atoms with Gasteiger partial charge in [-0.25, -0.2) is 0 Å². The minimum atomic E-state index is 0.788. The molecule has 0 amide bonds. The molecule has 62 valence electrons. The summed E-state index contributed by atoms with van der Waals surface area (Å²) in [6.45, 7) is 7.54. The predicted molar refractivity (Wildman–Crippen MR) is 42.2 cm³/mol. The molecule has 1 N–H and O–H groups in total. The predicted octanol–water partition coefficient (Wildman–Crippen LogP) is 0.649. The third-order valence-electron chi connectivity index (χ3n) is 1.48. The van der Waals surface area contributed by atoms with Gasteiger partial charge in [0.2, 0.25) is 0 Å². The Hall–Kier alpha value is -0.120. The Labute approximate surface area is 63.2 Å². The van der Waals surface area contributed by atoms with Crippen LogP contribution in [0.25, 0.3) is 0 Å². The van der Waals surface area contributed by atoms with Gasteiger partial charge in [-0.2, -0.15) is 5.06 Å². The van der Waals surface area contributed by atoms with Crippen molar-refractivity contribution < 1.29 is 5.21 Å². The van der Waals surface area contributed by atoms with Gasteiger partial charge in [-0.3, -0.25) is 0 Å². The lowest BCUT2D eigenvalue weighted by molar-refractivity contribution is -0.114. The van der Waals surface area contributed by atoms with E-state index in [1.807, 2.05) is 13.8 Å². The summed E-state index contributed by atoms with van der Waals surface area (Å²) in [4.78, 5) is 2.20. The first-order chi connectivity index (χ1) is 4.79. The molecule has 0 saturated carbocycles. The van der Waals surface area contributed by atoms with Crippen molar-refractivity contribution in [2.24, 2.45) is 0 Å². The maximum absolute atomic E-state index is 8.83. The molecule has 0 aromatic carbocycles. The van der Waals surface area contributed by atoms with Crippen molar-refractivity contribution in [3.63, 3.8) is 0 Å². The molecule has 1 fully saturated rings. The van der Waals surface area contributed by atoms with Gasteiger partial charge < -0.3 is 10.1 Å². The third-order valence-corrected chi connectivity index (χ3v) is 1.48. The van der Waals surface area contributed by atoms with Crippen molar-refractivity contribution >= 4 is 0 Å². The van der Waals surface area contributed by atoms with Crippen molar-refractivity contribution in [1.82, 2.24) is 9.96 Å². The molecule has 1 rings (SSSR count). The lowest BCUT2D eigenvalue weighted by Crippen LogP contribution is -2.42. The Morgan fingerprint density at radius 3 is 1.70 bits per heavy atom. The van der Waals surface area contributed by atoms with Crippen LogP contribution < -0.4 is 0 Å². The van der Waals surface area contributed by atoms with Crippen LogP contribution in [0.4, 0.5) is 0 Å². The van der Waals surface area contributed by atoms with E-state index in [1.165, 1.54) is 5.06 Å². The summed E-state index contributed by atoms with van der Waals surface area (Å²) in [5, 5.41) is 10.2. The second kappa shape index (κ2) is 5.65. The largest absolute Gasteiger partial charge is 0.314 e. The van der Waals surface area contributed by atoms with Gasteiger partial charge in [-0.1, -0.05) is 13.8 Å². The van der Waals surface area contributed by atoms with Crippen LogP contribution in [-0.2, 0) is 0 Å². The van der Waals surface area contributed by atoms with Gasteiger partial charge in [0, 0.05) is 26.2 Å². The molecule has 0 radical (unpaired) electrons. The SMILES string of the molecule is CC.CN1CCN(O)CC1. The van der Waals surface area contributed by atoms with Gasteiger partial charge in [0.25, 0.3) is 0 Å². The molecule has 1 heterocycles. The molecule has 1 aliphatic rings. The highest BCUT2D eigenvalue weighted by atomic mass is 16.5. The van der Waals surface area contributed by atoms with Crippen LogP contribution in [-0.4, -0.2) is 48.4 Å². The Morgan fingerprint density at radius 2 is 1.40 bits per heavy atom. The van der Waals surface area contributed by atoms with Crippen LogP contribution in [0, 0.1) is 0 Å². The summed E-state index contributed by atoms with van der Waals surface area (Å²) in [7, 11) is 2.06. The van der Waals surface area contributed by atoms with Crippen molar-refractivity contribution in [1.29, 1.82) is 0 Å². The van der Waals surface area contributed by atoms with E-state index in [1.54, 1.807) is 0 Å². The maximum Gasteiger partial charge on any atom is 0.0366 e. The first-order valence-electron chi connectivity index (χ1n) is 3.91. The van der Waals surface area contributed by atoms with Gasteiger partial charge in [-0.15, -0.1) is 0 Å². The topological polar surface area (TPSA) is 26.7 Å². The minimum absolute atomic E-state index is 0.788.